The van der Waals surface area contributed by atoms with Gasteiger partial charge in [-0.15, -0.1) is 0 Å². The van der Waals surface area contributed by atoms with E-state index >= 15 is 0 Å². The van der Waals surface area contributed by atoms with Crippen molar-refractivity contribution in [2.75, 3.05) is 0 Å². The lowest BCUT2D eigenvalue weighted by molar-refractivity contribution is 0.674. The summed E-state index contributed by atoms with van der Waals surface area (Å²) in [6.45, 7) is 2.73. The number of rotatable bonds is 2. The summed E-state index contributed by atoms with van der Waals surface area (Å²) in [7, 11) is 0. The first-order valence-electron chi connectivity index (χ1n) is 4.61. The maximum Gasteiger partial charge on any atom is 0.326 e. The Morgan fingerprint density at radius 2 is 2.29 bits per heavy atom. The Morgan fingerprint density at radius 1 is 1.50 bits per heavy atom. The summed E-state index contributed by atoms with van der Waals surface area (Å²) >= 11 is 6.03. The van der Waals surface area contributed by atoms with E-state index in [4.69, 9.17) is 11.6 Å². The highest BCUT2D eigenvalue weighted by atomic mass is 35.5. The lowest BCUT2D eigenvalue weighted by atomic mass is 10.3. The van der Waals surface area contributed by atoms with Crippen LogP contribution in [-0.4, -0.2) is 9.55 Å². The number of halogens is 1. The summed E-state index contributed by atoms with van der Waals surface area (Å²) in [6.07, 6.45) is 0.915. The molecule has 0 saturated heterocycles. The number of H-pyrrole nitrogens is 1. The van der Waals surface area contributed by atoms with Crippen LogP contribution in [-0.2, 0) is 6.54 Å². The van der Waals surface area contributed by atoms with Crippen LogP contribution >= 0.6 is 11.6 Å². The number of aryl methyl sites for hydroxylation is 1. The van der Waals surface area contributed by atoms with E-state index < -0.39 is 0 Å². The third-order valence-electron chi connectivity index (χ3n) is 2.19. The number of fused-ring (bicyclic) bond motifs is 1. The Labute approximate surface area is 86.3 Å². The highest BCUT2D eigenvalue weighted by Crippen LogP contribution is 2.20. The Morgan fingerprint density at radius 3 is 3.00 bits per heavy atom. The van der Waals surface area contributed by atoms with Crippen molar-refractivity contribution in [2.24, 2.45) is 0 Å². The molecule has 3 nitrogen and oxygen atoms in total. The molecule has 0 bridgehead atoms. The van der Waals surface area contributed by atoms with Gasteiger partial charge in [0.25, 0.3) is 0 Å². The molecule has 0 aliphatic carbocycles. The smallest absolute Gasteiger partial charge is 0.305 e. The van der Waals surface area contributed by atoms with Gasteiger partial charge in [-0.05, 0) is 18.6 Å². The fourth-order valence-corrected chi connectivity index (χ4v) is 1.89. The summed E-state index contributed by atoms with van der Waals surface area (Å²) in [6, 6.07) is 5.48. The molecular weight excluding hydrogens is 200 g/mol. The van der Waals surface area contributed by atoms with E-state index in [1.54, 1.807) is 10.6 Å². The Kier molecular flexibility index (Phi) is 2.33. The van der Waals surface area contributed by atoms with Gasteiger partial charge in [-0.2, -0.15) is 0 Å². The minimum atomic E-state index is -0.0880. The van der Waals surface area contributed by atoms with Crippen LogP contribution in [0.25, 0.3) is 11.0 Å². The van der Waals surface area contributed by atoms with E-state index in [2.05, 4.69) is 4.98 Å². The Bertz CT molecular complexity index is 512. The zero-order valence-corrected chi connectivity index (χ0v) is 8.64. The molecule has 0 aliphatic rings. The molecule has 74 valence electrons. The molecule has 1 aromatic carbocycles. The number of benzene rings is 1. The Hall–Kier alpha value is -1.22. The van der Waals surface area contributed by atoms with Crippen LogP contribution in [0.3, 0.4) is 0 Å². The largest absolute Gasteiger partial charge is 0.326 e. The van der Waals surface area contributed by atoms with E-state index in [-0.39, 0.29) is 5.69 Å². The van der Waals surface area contributed by atoms with Gasteiger partial charge in [-0.3, -0.25) is 4.57 Å². The molecule has 0 saturated carbocycles. The van der Waals surface area contributed by atoms with Gasteiger partial charge in [0, 0.05) is 6.54 Å². The standard InChI is InChI=1S/C10H11ClN2O/c1-2-6-13-9-7(11)4-3-5-8(9)12-10(13)14/h3-5H,2,6H2,1H3,(H,12,14). The molecular formula is C10H11ClN2O. The van der Waals surface area contributed by atoms with E-state index in [0.29, 0.717) is 11.6 Å². The highest BCUT2D eigenvalue weighted by molar-refractivity contribution is 6.34. The second kappa shape index (κ2) is 3.50. The molecule has 0 unspecified atom stereocenters. The van der Waals surface area contributed by atoms with E-state index in [1.165, 1.54) is 0 Å². The van der Waals surface area contributed by atoms with Crippen LogP contribution in [0, 0.1) is 0 Å². The first-order chi connectivity index (χ1) is 6.74. The van der Waals surface area contributed by atoms with Crippen molar-refractivity contribution in [1.82, 2.24) is 9.55 Å². The third-order valence-corrected chi connectivity index (χ3v) is 2.50. The fraction of sp³-hybridized carbons (Fsp3) is 0.300. The van der Waals surface area contributed by atoms with Crippen molar-refractivity contribution in [1.29, 1.82) is 0 Å². The SMILES string of the molecule is CCCn1c(=O)[nH]c2cccc(Cl)c21. The number of para-hydroxylation sites is 1. The molecule has 1 aromatic heterocycles. The highest BCUT2D eigenvalue weighted by Gasteiger charge is 2.08. The van der Waals surface area contributed by atoms with Gasteiger partial charge in [-0.1, -0.05) is 24.6 Å². The normalized spacial score (nSPS) is 11.0. The second-order valence-electron chi connectivity index (χ2n) is 3.22. The van der Waals surface area contributed by atoms with Gasteiger partial charge in [0.15, 0.2) is 0 Å². The Balaban J connectivity index is 2.79. The molecule has 0 atom stereocenters. The predicted molar refractivity (Wildman–Crippen MR) is 57.9 cm³/mol. The van der Waals surface area contributed by atoms with Crippen molar-refractivity contribution in [2.45, 2.75) is 19.9 Å². The number of nitrogens with one attached hydrogen (secondary N) is 1. The van der Waals surface area contributed by atoms with Crippen LogP contribution in [0.2, 0.25) is 5.02 Å². The number of aromatic amines is 1. The number of hydrogen-bond donors (Lipinski definition) is 1. The zero-order valence-electron chi connectivity index (χ0n) is 7.88. The van der Waals surface area contributed by atoms with Crippen molar-refractivity contribution >= 4 is 22.6 Å². The average Bonchev–Trinajstić information content (AvgIpc) is 2.45. The van der Waals surface area contributed by atoms with E-state index in [0.717, 1.165) is 17.5 Å². The van der Waals surface area contributed by atoms with Gasteiger partial charge in [0.1, 0.15) is 0 Å². The van der Waals surface area contributed by atoms with E-state index in [1.807, 2.05) is 19.1 Å². The van der Waals surface area contributed by atoms with Gasteiger partial charge >= 0.3 is 5.69 Å². The second-order valence-corrected chi connectivity index (χ2v) is 3.62. The van der Waals surface area contributed by atoms with Gasteiger partial charge < -0.3 is 4.98 Å². The summed E-state index contributed by atoms with van der Waals surface area (Å²) in [4.78, 5) is 14.3. The number of aromatic nitrogens is 2. The first kappa shape index (κ1) is 9.34. The topological polar surface area (TPSA) is 37.8 Å². The van der Waals surface area contributed by atoms with Gasteiger partial charge in [-0.25, -0.2) is 4.79 Å². The molecule has 0 radical (unpaired) electrons. The van der Waals surface area contributed by atoms with Crippen molar-refractivity contribution in [3.63, 3.8) is 0 Å². The molecule has 1 N–H and O–H groups in total. The summed E-state index contributed by atoms with van der Waals surface area (Å²) in [5.74, 6) is 0. The van der Waals surface area contributed by atoms with Crippen LogP contribution in [0.15, 0.2) is 23.0 Å². The van der Waals surface area contributed by atoms with Gasteiger partial charge in [0.2, 0.25) is 0 Å². The lowest BCUT2D eigenvalue weighted by Crippen LogP contribution is -2.16. The third kappa shape index (κ3) is 1.34. The molecule has 2 aromatic rings. The first-order valence-corrected chi connectivity index (χ1v) is 4.99. The zero-order chi connectivity index (χ0) is 10.1. The van der Waals surface area contributed by atoms with Crippen LogP contribution in [0.5, 0.6) is 0 Å². The number of imidazole rings is 1. The van der Waals surface area contributed by atoms with Crippen LogP contribution < -0.4 is 5.69 Å². The fourth-order valence-electron chi connectivity index (χ4n) is 1.61. The maximum atomic E-state index is 11.5. The predicted octanol–water partition coefficient (Wildman–Crippen LogP) is 2.39. The molecule has 0 spiro atoms. The minimum Gasteiger partial charge on any atom is -0.305 e. The molecule has 4 heteroatoms. The lowest BCUT2D eigenvalue weighted by Gasteiger charge is -2.01. The number of nitrogens with zero attached hydrogens (tertiary/aromatic N) is 1. The molecule has 0 fully saturated rings. The van der Waals surface area contributed by atoms with Crippen LogP contribution in [0.4, 0.5) is 0 Å². The summed E-state index contributed by atoms with van der Waals surface area (Å²) in [5.41, 5.74) is 1.52. The monoisotopic (exact) mass is 210 g/mol. The maximum absolute atomic E-state index is 11.5. The van der Waals surface area contributed by atoms with Crippen LogP contribution in [0.1, 0.15) is 13.3 Å². The van der Waals surface area contributed by atoms with Gasteiger partial charge in [0.05, 0.1) is 16.1 Å². The van der Waals surface area contributed by atoms with E-state index in [9.17, 15) is 4.79 Å². The molecule has 14 heavy (non-hydrogen) atoms. The molecule has 1 heterocycles. The van der Waals surface area contributed by atoms with Crippen molar-refractivity contribution in [3.8, 4) is 0 Å². The minimum absolute atomic E-state index is 0.0880. The summed E-state index contributed by atoms with van der Waals surface area (Å²) < 4.78 is 1.68. The quantitative estimate of drug-likeness (QED) is 0.812. The summed E-state index contributed by atoms with van der Waals surface area (Å²) in [5, 5.41) is 0.620. The van der Waals surface area contributed by atoms with Crippen molar-refractivity contribution in [3.05, 3.63) is 33.7 Å². The number of hydrogen-bond acceptors (Lipinski definition) is 1. The average molecular weight is 211 g/mol. The van der Waals surface area contributed by atoms with Crippen molar-refractivity contribution < 1.29 is 0 Å². The molecule has 0 amide bonds. The molecule has 0 aliphatic heterocycles. The molecule has 2 rings (SSSR count).